The standard InChI is InChI=1S/C26H27N3O5S/c1-17-5-4-6-24(18(17)2)29-25(31)16-27-26(32)22-9-7-20(8-10-22)15-28-35(33,34)23-13-11-21(12-14-23)19(3)30/h4-14,28H,15-16H2,1-3H3,(H,27,32)(H,29,31). The monoisotopic (exact) mass is 493 g/mol. The van der Waals surface area contributed by atoms with Crippen LogP contribution in [-0.4, -0.2) is 32.6 Å². The highest BCUT2D eigenvalue weighted by Crippen LogP contribution is 2.17. The van der Waals surface area contributed by atoms with Gasteiger partial charge in [-0.1, -0.05) is 36.4 Å². The van der Waals surface area contributed by atoms with Gasteiger partial charge in [0.2, 0.25) is 15.9 Å². The van der Waals surface area contributed by atoms with Crippen LogP contribution in [0.4, 0.5) is 5.69 Å². The molecule has 0 bridgehead atoms. The van der Waals surface area contributed by atoms with E-state index in [1.165, 1.54) is 31.2 Å². The van der Waals surface area contributed by atoms with Gasteiger partial charge in [-0.3, -0.25) is 14.4 Å². The molecule has 0 aliphatic rings. The van der Waals surface area contributed by atoms with E-state index < -0.39 is 15.9 Å². The zero-order valence-electron chi connectivity index (χ0n) is 19.7. The zero-order valence-corrected chi connectivity index (χ0v) is 20.5. The van der Waals surface area contributed by atoms with Gasteiger partial charge in [0, 0.05) is 23.4 Å². The Morgan fingerprint density at radius 3 is 2.09 bits per heavy atom. The summed E-state index contributed by atoms with van der Waals surface area (Å²) in [6.45, 7) is 5.11. The molecule has 0 aromatic heterocycles. The predicted molar refractivity (Wildman–Crippen MR) is 134 cm³/mol. The van der Waals surface area contributed by atoms with E-state index in [-0.39, 0.29) is 29.7 Å². The van der Waals surface area contributed by atoms with Crippen LogP contribution in [0.5, 0.6) is 0 Å². The van der Waals surface area contributed by atoms with Crippen molar-refractivity contribution in [2.24, 2.45) is 0 Å². The highest BCUT2D eigenvalue weighted by Gasteiger charge is 2.15. The molecule has 0 saturated carbocycles. The fourth-order valence-corrected chi connectivity index (χ4v) is 4.27. The summed E-state index contributed by atoms with van der Waals surface area (Å²) >= 11 is 0. The van der Waals surface area contributed by atoms with Gasteiger partial charge in [0.15, 0.2) is 5.78 Å². The molecule has 0 saturated heterocycles. The van der Waals surface area contributed by atoms with Crippen molar-refractivity contribution in [2.75, 3.05) is 11.9 Å². The second-order valence-corrected chi connectivity index (χ2v) is 9.85. The maximum absolute atomic E-state index is 12.5. The van der Waals surface area contributed by atoms with Gasteiger partial charge >= 0.3 is 0 Å². The molecule has 3 aromatic carbocycles. The van der Waals surface area contributed by atoms with Crippen LogP contribution in [0, 0.1) is 13.8 Å². The normalized spacial score (nSPS) is 11.1. The van der Waals surface area contributed by atoms with Crippen LogP contribution < -0.4 is 15.4 Å². The van der Waals surface area contributed by atoms with Gasteiger partial charge in [-0.15, -0.1) is 0 Å². The largest absolute Gasteiger partial charge is 0.343 e. The summed E-state index contributed by atoms with van der Waals surface area (Å²) in [5, 5.41) is 5.36. The van der Waals surface area contributed by atoms with Crippen molar-refractivity contribution in [3.8, 4) is 0 Å². The van der Waals surface area contributed by atoms with Crippen molar-refractivity contribution in [3.05, 3.63) is 94.5 Å². The molecular weight excluding hydrogens is 466 g/mol. The summed E-state index contributed by atoms with van der Waals surface area (Å²) < 4.78 is 27.5. The van der Waals surface area contributed by atoms with Crippen molar-refractivity contribution in [1.29, 1.82) is 0 Å². The summed E-state index contributed by atoms with van der Waals surface area (Å²) in [6, 6.07) is 17.7. The van der Waals surface area contributed by atoms with Crippen molar-refractivity contribution < 1.29 is 22.8 Å². The highest BCUT2D eigenvalue weighted by molar-refractivity contribution is 7.89. The number of Topliss-reactive ketones (excluding diaryl/α,β-unsaturated/α-hetero) is 1. The fourth-order valence-electron chi connectivity index (χ4n) is 3.25. The average molecular weight is 494 g/mol. The molecule has 9 heteroatoms. The van der Waals surface area contributed by atoms with Gasteiger partial charge in [-0.05, 0) is 67.8 Å². The minimum atomic E-state index is -3.76. The van der Waals surface area contributed by atoms with Crippen LogP contribution in [-0.2, 0) is 21.4 Å². The Bertz CT molecular complexity index is 1350. The van der Waals surface area contributed by atoms with Crippen LogP contribution in [0.15, 0.2) is 71.6 Å². The first-order valence-electron chi connectivity index (χ1n) is 10.9. The molecular formula is C26H27N3O5S. The molecule has 3 rings (SSSR count). The highest BCUT2D eigenvalue weighted by atomic mass is 32.2. The van der Waals surface area contributed by atoms with E-state index in [0.29, 0.717) is 22.4 Å². The van der Waals surface area contributed by atoms with Crippen LogP contribution in [0.2, 0.25) is 0 Å². The number of hydrogen-bond donors (Lipinski definition) is 3. The minimum Gasteiger partial charge on any atom is -0.343 e. The molecule has 0 atom stereocenters. The van der Waals surface area contributed by atoms with E-state index in [1.54, 1.807) is 30.3 Å². The van der Waals surface area contributed by atoms with Crippen molar-refractivity contribution in [1.82, 2.24) is 10.0 Å². The van der Waals surface area contributed by atoms with Gasteiger partial charge in [-0.2, -0.15) is 0 Å². The molecule has 3 N–H and O–H groups in total. The molecule has 2 amide bonds. The van der Waals surface area contributed by atoms with Gasteiger partial charge in [0.05, 0.1) is 11.4 Å². The van der Waals surface area contributed by atoms with Gasteiger partial charge in [-0.25, -0.2) is 13.1 Å². The molecule has 0 fully saturated rings. The van der Waals surface area contributed by atoms with Crippen molar-refractivity contribution >= 4 is 33.3 Å². The number of nitrogens with one attached hydrogen (secondary N) is 3. The lowest BCUT2D eigenvalue weighted by Gasteiger charge is -2.11. The van der Waals surface area contributed by atoms with Gasteiger partial charge < -0.3 is 10.6 Å². The number of sulfonamides is 1. The van der Waals surface area contributed by atoms with E-state index in [0.717, 1.165) is 11.1 Å². The smallest absolute Gasteiger partial charge is 0.251 e. The Morgan fingerprint density at radius 1 is 0.829 bits per heavy atom. The molecule has 0 aliphatic heterocycles. The molecule has 0 spiro atoms. The Kier molecular flexibility index (Phi) is 8.16. The van der Waals surface area contributed by atoms with E-state index in [1.807, 2.05) is 26.0 Å². The summed E-state index contributed by atoms with van der Waals surface area (Å²) in [4.78, 5) is 36.0. The molecule has 3 aromatic rings. The lowest BCUT2D eigenvalue weighted by Crippen LogP contribution is -2.33. The Hall–Kier alpha value is -3.82. The average Bonchev–Trinajstić information content (AvgIpc) is 2.84. The minimum absolute atomic E-state index is 0.0247. The van der Waals surface area contributed by atoms with E-state index in [2.05, 4.69) is 15.4 Å². The van der Waals surface area contributed by atoms with E-state index in [4.69, 9.17) is 0 Å². The summed E-state index contributed by atoms with van der Waals surface area (Å²) in [7, 11) is -3.76. The molecule has 182 valence electrons. The lowest BCUT2D eigenvalue weighted by molar-refractivity contribution is -0.115. The van der Waals surface area contributed by atoms with E-state index >= 15 is 0 Å². The summed E-state index contributed by atoms with van der Waals surface area (Å²) in [6.07, 6.45) is 0. The fraction of sp³-hybridized carbons (Fsp3) is 0.192. The second kappa shape index (κ2) is 11.1. The number of rotatable bonds is 9. The molecule has 0 aliphatic carbocycles. The third kappa shape index (κ3) is 6.84. The molecule has 0 unspecified atom stereocenters. The zero-order chi connectivity index (χ0) is 25.6. The third-order valence-electron chi connectivity index (χ3n) is 5.54. The predicted octanol–water partition coefficient (Wildman–Crippen LogP) is 3.35. The van der Waals surface area contributed by atoms with E-state index in [9.17, 15) is 22.8 Å². The number of amides is 2. The third-order valence-corrected chi connectivity index (χ3v) is 6.96. The van der Waals surface area contributed by atoms with Crippen LogP contribution >= 0.6 is 0 Å². The molecule has 35 heavy (non-hydrogen) atoms. The van der Waals surface area contributed by atoms with Crippen molar-refractivity contribution in [3.63, 3.8) is 0 Å². The number of carbonyl (C=O) groups excluding carboxylic acids is 3. The van der Waals surface area contributed by atoms with Gasteiger partial charge in [0.25, 0.3) is 5.91 Å². The summed E-state index contributed by atoms with van der Waals surface area (Å²) in [5.74, 6) is -0.902. The molecule has 0 heterocycles. The Labute approximate surface area is 204 Å². The summed E-state index contributed by atoms with van der Waals surface area (Å²) in [5.41, 5.74) is 4.15. The quantitative estimate of drug-likeness (QED) is 0.395. The lowest BCUT2D eigenvalue weighted by atomic mass is 10.1. The first kappa shape index (κ1) is 25.8. The van der Waals surface area contributed by atoms with Crippen molar-refractivity contribution in [2.45, 2.75) is 32.2 Å². The van der Waals surface area contributed by atoms with Crippen LogP contribution in [0.3, 0.4) is 0 Å². The number of ketones is 1. The number of anilines is 1. The van der Waals surface area contributed by atoms with Gasteiger partial charge in [0.1, 0.15) is 0 Å². The SMILES string of the molecule is CC(=O)c1ccc(S(=O)(=O)NCc2ccc(C(=O)NCC(=O)Nc3cccc(C)c3C)cc2)cc1. The number of aryl methyl sites for hydroxylation is 1. The number of hydrogen-bond acceptors (Lipinski definition) is 5. The maximum Gasteiger partial charge on any atom is 0.251 e. The topological polar surface area (TPSA) is 121 Å². The number of carbonyl (C=O) groups is 3. The molecule has 8 nitrogen and oxygen atoms in total. The molecule has 0 radical (unpaired) electrons. The first-order valence-corrected chi connectivity index (χ1v) is 12.4. The second-order valence-electron chi connectivity index (χ2n) is 8.08. The van der Waals surface area contributed by atoms with Crippen LogP contribution in [0.25, 0.3) is 0 Å². The number of benzene rings is 3. The first-order chi connectivity index (χ1) is 16.6. The Balaban J connectivity index is 1.52. The van der Waals surface area contributed by atoms with Crippen LogP contribution in [0.1, 0.15) is 44.3 Å². The maximum atomic E-state index is 12.5. The Morgan fingerprint density at radius 2 is 1.46 bits per heavy atom.